The Morgan fingerprint density at radius 3 is 2.38 bits per heavy atom. The monoisotopic (exact) mass is 320 g/mol. The van der Waals surface area contributed by atoms with Crippen molar-refractivity contribution in [3.8, 4) is 5.75 Å². The van der Waals surface area contributed by atoms with E-state index in [4.69, 9.17) is 17.0 Å². The van der Waals surface area contributed by atoms with Gasteiger partial charge in [0.1, 0.15) is 5.56 Å². The summed E-state index contributed by atoms with van der Waals surface area (Å²) in [5, 5.41) is 10.6. The molecule has 0 saturated carbocycles. The molecule has 0 fully saturated rings. The van der Waals surface area contributed by atoms with E-state index in [2.05, 4.69) is 4.74 Å². The Morgan fingerprint density at radius 2 is 1.95 bits per heavy atom. The molecule has 0 atom stereocenters. The number of rotatable bonds is 3. The van der Waals surface area contributed by atoms with Gasteiger partial charge in [0.05, 0.1) is 12.0 Å². The van der Waals surface area contributed by atoms with Gasteiger partial charge in [0.15, 0.2) is 5.82 Å². The Kier molecular flexibility index (Phi) is 5.08. The number of thiocarbonyl (C=S) groups is 1. The smallest absolute Gasteiger partial charge is 0.341 e. The minimum Gasteiger partial charge on any atom is -0.465 e. The van der Waals surface area contributed by atoms with Crippen molar-refractivity contribution >= 4 is 29.0 Å². The molecule has 21 heavy (non-hydrogen) atoms. The highest BCUT2D eigenvalue weighted by Crippen LogP contribution is 2.34. The average Bonchev–Trinajstić information content (AvgIpc) is 2.42. The van der Waals surface area contributed by atoms with Gasteiger partial charge in [-0.1, -0.05) is 0 Å². The maximum Gasteiger partial charge on any atom is 0.341 e. The Bertz CT molecular complexity index is 621. The SMILES string of the molecule is COC(=O)c1cc([N+](=O)[O-])c(OC(=S)N(C)C)c(F)c1F. The molecule has 0 aliphatic carbocycles. The fraction of sp³-hybridized carbons (Fsp3) is 0.273. The van der Waals surface area contributed by atoms with Crippen molar-refractivity contribution in [3.05, 3.63) is 33.4 Å². The fourth-order valence-electron chi connectivity index (χ4n) is 1.27. The van der Waals surface area contributed by atoms with E-state index in [0.29, 0.717) is 6.07 Å². The first-order chi connectivity index (χ1) is 9.70. The lowest BCUT2D eigenvalue weighted by atomic mass is 10.1. The van der Waals surface area contributed by atoms with Gasteiger partial charge in [-0.25, -0.2) is 9.18 Å². The summed E-state index contributed by atoms with van der Waals surface area (Å²) < 4.78 is 36.7. The molecule has 0 aliphatic heterocycles. The molecular formula is C11H10F2N2O5S. The number of benzene rings is 1. The number of hydrogen-bond acceptors (Lipinski definition) is 6. The molecule has 10 heteroatoms. The highest BCUT2D eigenvalue weighted by Gasteiger charge is 2.31. The van der Waals surface area contributed by atoms with Crippen LogP contribution in [0.5, 0.6) is 5.75 Å². The summed E-state index contributed by atoms with van der Waals surface area (Å²) in [6.45, 7) is 0. The molecule has 0 N–H and O–H groups in total. The number of halogens is 2. The summed E-state index contributed by atoms with van der Waals surface area (Å²) in [5.41, 5.74) is -1.86. The van der Waals surface area contributed by atoms with Crippen LogP contribution in [0.1, 0.15) is 10.4 Å². The molecule has 0 heterocycles. The quantitative estimate of drug-likeness (QED) is 0.364. The van der Waals surface area contributed by atoms with Gasteiger partial charge in [0.2, 0.25) is 11.6 Å². The van der Waals surface area contributed by atoms with E-state index in [0.717, 1.165) is 7.11 Å². The first kappa shape index (κ1) is 16.7. The largest absolute Gasteiger partial charge is 0.465 e. The summed E-state index contributed by atoms with van der Waals surface area (Å²) in [6.07, 6.45) is 0. The van der Waals surface area contributed by atoms with Crippen LogP contribution in [0, 0.1) is 21.7 Å². The van der Waals surface area contributed by atoms with E-state index in [1.807, 2.05) is 0 Å². The fourth-order valence-corrected chi connectivity index (χ4v) is 1.35. The number of carbonyl (C=O) groups excluding carboxylic acids is 1. The zero-order valence-electron chi connectivity index (χ0n) is 11.2. The molecule has 1 aromatic rings. The molecule has 114 valence electrons. The zero-order valence-corrected chi connectivity index (χ0v) is 12.0. The predicted octanol–water partition coefficient (Wildman–Crippen LogP) is 1.88. The number of methoxy groups -OCH3 is 1. The zero-order chi connectivity index (χ0) is 16.3. The van der Waals surface area contributed by atoms with Gasteiger partial charge in [0, 0.05) is 20.2 Å². The highest BCUT2D eigenvalue weighted by molar-refractivity contribution is 7.80. The Morgan fingerprint density at radius 1 is 1.38 bits per heavy atom. The van der Waals surface area contributed by atoms with Gasteiger partial charge in [0.25, 0.3) is 5.17 Å². The third-order valence-electron chi connectivity index (χ3n) is 2.30. The lowest BCUT2D eigenvalue weighted by Gasteiger charge is -2.15. The minimum atomic E-state index is -1.70. The van der Waals surface area contributed by atoms with Gasteiger partial charge in [-0.2, -0.15) is 4.39 Å². The van der Waals surface area contributed by atoms with Crippen LogP contribution in [-0.4, -0.2) is 42.2 Å². The Hall–Kier alpha value is -2.36. The van der Waals surface area contributed by atoms with Crippen LogP contribution in [0.4, 0.5) is 14.5 Å². The number of esters is 1. The van der Waals surface area contributed by atoms with Gasteiger partial charge >= 0.3 is 11.7 Å². The van der Waals surface area contributed by atoms with Gasteiger partial charge in [-0.3, -0.25) is 10.1 Å². The first-order valence-electron chi connectivity index (χ1n) is 5.34. The van der Waals surface area contributed by atoms with Crippen molar-refractivity contribution in [3.63, 3.8) is 0 Å². The van der Waals surface area contributed by atoms with E-state index < -0.39 is 39.5 Å². The molecule has 0 aliphatic rings. The van der Waals surface area contributed by atoms with Crippen molar-refractivity contribution in [2.24, 2.45) is 0 Å². The first-order valence-corrected chi connectivity index (χ1v) is 5.75. The Balaban J connectivity index is 3.50. The lowest BCUT2D eigenvalue weighted by molar-refractivity contribution is -0.385. The molecule has 0 aromatic heterocycles. The minimum absolute atomic E-state index is 0.317. The van der Waals surface area contributed by atoms with Crippen LogP contribution in [-0.2, 0) is 4.74 Å². The molecule has 1 rings (SSSR count). The molecule has 1 aromatic carbocycles. The number of nitro benzene ring substituents is 1. The van der Waals surface area contributed by atoms with Crippen molar-refractivity contribution in [1.29, 1.82) is 0 Å². The van der Waals surface area contributed by atoms with E-state index in [9.17, 15) is 23.7 Å². The van der Waals surface area contributed by atoms with Crippen LogP contribution in [0.3, 0.4) is 0 Å². The van der Waals surface area contributed by atoms with Gasteiger partial charge in [-0.05, 0) is 12.2 Å². The third-order valence-corrected chi connectivity index (χ3v) is 2.75. The molecule has 0 spiro atoms. The van der Waals surface area contributed by atoms with Crippen molar-refractivity contribution < 1.29 is 28.0 Å². The van der Waals surface area contributed by atoms with E-state index >= 15 is 0 Å². The van der Waals surface area contributed by atoms with Crippen LogP contribution in [0.2, 0.25) is 0 Å². The second kappa shape index (κ2) is 6.39. The summed E-state index contributed by atoms with van der Waals surface area (Å²) in [6, 6.07) is 0.526. The number of nitro groups is 1. The topological polar surface area (TPSA) is 81.9 Å². The van der Waals surface area contributed by atoms with Gasteiger partial charge in [-0.15, -0.1) is 0 Å². The normalized spacial score (nSPS) is 9.95. The Labute approximate surface area is 123 Å². The standard InChI is InChI=1S/C11H10F2N2O5S/c1-14(2)11(21)20-9-6(15(17)18)4-5(10(16)19-3)7(12)8(9)13/h4H,1-3H3. The van der Waals surface area contributed by atoms with Crippen molar-refractivity contribution in [2.45, 2.75) is 0 Å². The summed E-state index contributed by atoms with van der Waals surface area (Å²) in [7, 11) is 3.83. The molecule has 7 nitrogen and oxygen atoms in total. The van der Waals surface area contributed by atoms with Crippen LogP contribution < -0.4 is 4.74 Å². The molecule has 0 amide bonds. The maximum absolute atomic E-state index is 13.9. The van der Waals surface area contributed by atoms with E-state index in [1.165, 1.54) is 19.0 Å². The molecule has 0 radical (unpaired) electrons. The third kappa shape index (κ3) is 3.40. The number of carbonyl (C=O) groups is 1. The van der Waals surface area contributed by atoms with Crippen LogP contribution >= 0.6 is 12.2 Å². The predicted molar refractivity (Wildman–Crippen MR) is 71.3 cm³/mol. The average molecular weight is 320 g/mol. The summed E-state index contributed by atoms with van der Waals surface area (Å²) >= 11 is 4.72. The summed E-state index contributed by atoms with van der Waals surface area (Å²) in [4.78, 5) is 22.4. The molecule has 0 bridgehead atoms. The number of ether oxygens (including phenoxy) is 2. The lowest BCUT2D eigenvalue weighted by Crippen LogP contribution is -2.26. The van der Waals surface area contributed by atoms with Crippen LogP contribution in [0.25, 0.3) is 0 Å². The summed E-state index contributed by atoms with van der Waals surface area (Å²) in [5.74, 6) is -5.59. The number of hydrogen-bond donors (Lipinski definition) is 0. The molecule has 0 saturated heterocycles. The maximum atomic E-state index is 13.9. The highest BCUT2D eigenvalue weighted by atomic mass is 32.1. The second-order valence-electron chi connectivity index (χ2n) is 3.91. The second-order valence-corrected chi connectivity index (χ2v) is 4.26. The molecular weight excluding hydrogens is 310 g/mol. The van der Waals surface area contributed by atoms with Crippen molar-refractivity contribution in [1.82, 2.24) is 4.90 Å². The number of nitrogens with zero attached hydrogens (tertiary/aromatic N) is 2. The molecule has 0 unspecified atom stereocenters. The van der Waals surface area contributed by atoms with E-state index in [1.54, 1.807) is 0 Å². The van der Waals surface area contributed by atoms with Crippen molar-refractivity contribution in [2.75, 3.05) is 21.2 Å². The van der Waals surface area contributed by atoms with E-state index in [-0.39, 0.29) is 5.17 Å². The van der Waals surface area contributed by atoms with Gasteiger partial charge < -0.3 is 14.4 Å². The van der Waals surface area contributed by atoms with Crippen LogP contribution in [0.15, 0.2) is 6.07 Å².